The van der Waals surface area contributed by atoms with Gasteiger partial charge in [-0.1, -0.05) is 89.8 Å². The summed E-state index contributed by atoms with van der Waals surface area (Å²) in [5, 5.41) is 6.67. The van der Waals surface area contributed by atoms with E-state index in [0.29, 0.717) is 42.5 Å². The van der Waals surface area contributed by atoms with Crippen LogP contribution >= 0.6 is 11.3 Å². The first-order valence-electron chi connectivity index (χ1n) is 17.9. The second kappa shape index (κ2) is 17.4. The highest BCUT2D eigenvalue weighted by atomic mass is 32.1. The van der Waals surface area contributed by atoms with Crippen molar-refractivity contribution in [2.24, 2.45) is 22.6 Å². The van der Waals surface area contributed by atoms with Crippen LogP contribution in [0.2, 0.25) is 0 Å². The average Bonchev–Trinajstić information content (AvgIpc) is 3.85. The van der Waals surface area contributed by atoms with E-state index in [1.807, 2.05) is 73.1 Å². The van der Waals surface area contributed by atoms with Crippen LogP contribution in [0, 0.1) is 5.92 Å². The van der Waals surface area contributed by atoms with E-state index < -0.39 is 6.04 Å². The largest absolute Gasteiger partial charge is 0.494 e. The van der Waals surface area contributed by atoms with Gasteiger partial charge in [0.15, 0.2) is 5.82 Å². The lowest BCUT2D eigenvalue weighted by molar-refractivity contribution is -0.132. The molecule has 2 atom stereocenters. The second-order valence-electron chi connectivity index (χ2n) is 14.2. The highest BCUT2D eigenvalue weighted by molar-refractivity contribution is 7.14. The van der Waals surface area contributed by atoms with E-state index in [-0.39, 0.29) is 23.1 Å². The second-order valence-corrected chi connectivity index (χ2v) is 15.3. The molecule has 1 saturated heterocycles. The van der Waals surface area contributed by atoms with Gasteiger partial charge < -0.3 is 26.5 Å². The summed E-state index contributed by atoms with van der Waals surface area (Å²) in [6, 6.07) is 18.9. The molecule has 1 unspecified atom stereocenters. The highest BCUT2D eigenvalue weighted by Gasteiger charge is 2.34. The van der Waals surface area contributed by atoms with Crippen LogP contribution in [0.25, 0.3) is 22.5 Å². The summed E-state index contributed by atoms with van der Waals surface area (Å²) in [6.07, 6.45) is 10.7. The Kier molecular flexibility index (Phi) is 12.8. The Hall–Kier alpha value is -4.77. The van der Waals surface area contributed by atoms with Crippen molar-refractivity contribution in [2.45, 2.75) is 84.1 Å². The first-order valence-corrected chi connectivity index (χ1v) is 18.7. The first-order chi connectivity index (χ1) is 24.5. The van der Waals surface area contributed by atoms with Crippen molar-refractivity contribution < 1.29 is 14.3 Å². The van der Waals surface area contributed by atoms with Crippen molar-refractivity contribution in [2.75, 3.05) is 19.7 Å². The molecule has 2 aromatic carbocycles. The maximum atomic E-state index is 13.9. The van der Waals surface area contributed by atoms with Gasteiger partial charge in [-0.15, -0.1) is 11.3 Å². The van der Waals surface area contributed by atoms with Crippen LogP contribution in [-0.2, 0) is 16.6 Å². The third kappa shape index (κ3) is 10.2. The smallest absolute Gasteiger partial charge is 0.262 e. The van der Waals surface area contributed by atoms with Crippen LogP contribution in [0.1, 0.15) is 86.3 Å². The standard InChI is InChI=1S/C40H51N7O3S/c1-5-6-7-8-9-22-50-32-16-14-28(15-17-32)31-24-43-37(44-25-31)29-12-10-27(11-13-29)23-33(39(49)47-21-20-30(26-47)36(41)46-42)45-38(48)34-18-19-35(51-34)40(2,3)4/h10-19,24-25,30,33H,5-9,20-23,26,42H2,1-4H3,(H2,41,46)(H,45,48)/t30-,33?/m0/s1. The number of ether oxygens (including phenoxy) is 1. The fourth-order valence-electron chi connectivity index (χ4n) is 6.11. The number of nitrogens with two attached hydrogens (primary N) is 2. The summed E-state index contributed by atoms with van der Waals surface area (Å²) in [4.78, 5) is 40.0. The zero-order chi connectivity index (χ0) is 36.4. The molecule has 5 N–H and O–H groups in total. The van der Waals surface area contributed by atoms with Crippen molar-refractivity contribution >= 4 is 29.0 Å². The zero-order valence-electron chi connectivity index (χ0n) is 30.2. The lowest BCUT2D eigenvalue weighted by atomic mass is 9.95. The fourth-order valence-corrected chi connectivity index (χ4v) is 7.08. The van der Waals surface area contributed by atoms with Crippen molar-refractivity contribution in [3.05, 3.63) is 88.4 Å². The molecule has 1 aliphatic rings. The van der Waals surface area contributed by atoms with Gasteiger partial charge in [0.05, 0.1) is 11.5 Å². The normalized spacial score (nSPS) is 15.5. The zero-order valence-corrected chi connectivity index (χ0v) is 31.0. The van der Waals surface area contributed by atoms with Crippen LogP contribution in [0.4, 0.5) is 0 Å². The molecule has 0 bridgehead atoms. The van der Waals surface area contributed by atoms with Gasteiger partial charge in [-0.3, -0.25) is 9.59 Å². The number of nitrogens with one attached hydrogen (secondary N) is 1. The SMILES string of the molecule is CCCCCCCOc1ccc(-c2cnc(-c3ccc(CC(NC(=O)c4ccc(C(C)(C)C)s4)C(=O)N4CC[C@H](/C(N)=N/N)C4)cc3)nc2)cc1. The third-order valence-corrected chi connectivity index (χ3v) is 10.8. The maximum Gasteiger partial charge on any atom is 0.262 e. The molecular weight excluding hydrogens is 659 g/mol. The Morgan fingerprint density at radius 1 is 0.961 bits per heavy atom. The summed E-state index contributed by atoms with van der Waals surface area (Å²) in [5.41, 5.74) is 9.59. The van der Waals surface area contributed by atoms with E-state index in [2.05, 4.69) is 48.1 Å². The van der Waals surface area contributed by atoms with Gasteiger partial charge in [0, 0.05) is 53.8 Å². The molecule has 3 heterocycles. The number of unbranched alkanes of at least 4 members (excludes halogenated alkanes) is 4. The Balaban J connectivity index is 1.24. The predicted octanol–water partition coefficient (Wildman–Crippen LogP) is 6.94. The fraction of sp³-hybridized carbons (Fsp3) is 0.425. The Morgan fingerprint density at radius 2 is 1.65 bits per heavy atom. The Morgan fingerprint density at radius 3 is 2.29 bits per heavy atom. The van der Waals surface area contributed by atoms with Crippen LogP contribution < -0.4 is 21.6 Å². The van der Waals surface area contributed by atoms with Gasteiger partial charge >= 0.3 is 0 Å². The molecule has 2 aromatic heterocycles. The lowest BCUT2D eigenvalue weighted by Crippen LogP contribution is -2.49. The monoisotopic (exact) mass is 709 g/mol. The Labute approximate surface area is 305 Å². The van der Waals surface area contributed by atoms with E-state index in [4.69, 9.17) is 16.3 Å². The van der Waals surface area contributed by atoms with Gasteiger partial charge in [-0.05, 0) is 53.6 Å². The van der Waals surface area contributed by atoms with Gasteiger partial charge in [0.1, 0.15) is 17.6 Å². The number of amides is 2. The van der Waals surface area contributed by atoms with Crippen LogP contribution in [0.3, 0.4) is 0 Å². The number of likely N-dealkylation sites (tertiary alicyclic amines) is 1. The minimum atomic E-state index is -0.767. The molecule has 0 aliphatic carbocycles. The van der Waals surface area contributed by atoms with Crippen molar-refractivity contribution in [1.82, 2.24) is 20.2 Å². The number of carbonyl (C=O) groups excluding carboxylic acids is 2. The van der Waals surface area contributed by atoms with Crippen LogP contribution in [0.5, 0.6) is 5.75 Å². The third-order valence-electron chi connectivity index (χ3n) is 9.25. The molecule has 0 spiro atoms. The minimum Gasteiger partial charge on any atom is -0.494 e. The number of rotatable bonds is 15. The number of nitrogens with zero attached hydrogens (tertiary/aromatic N) is 4. The van der Waals surface area contributed by atoms with Crippen molar-refractivity contribution in [1.29, 1.82) is 0 Å². The van der Waals surface area contributed by atoms with Crippen molar-refractivity contribution in [3.8, 4) is 28.3 Å². The molecule has 10 nitrogen and oxygen atoms in total. The van der Waals surface area contributed by atoms with Crippen LogP contribution in [-0.4, -0.2) is 58.3 Å². The number of hydrazone groups is 1. The molecule has 2 amide bonds. The summed E-state index contributed by atoms with van der Waals surface area (Å²) in [6.45, 7) is 10.2. The summed E-state index contributed by atoms with van der Waals surface area (Å²) in [7, 11) is 0. The molecular formula is C40H51N7O3S. The summed E-state index contributed by atoms with van der Waals surface area (Å²) in [5.74, 6) is 6.68. The molecule has 1 aliphatic heterocycles. The molecule has 5 rings (SSSR count). The van der Waals surface area contributed by atoms with E-state index in [0.717, 1.165) is 45.9 Å². The average molecular weight is 710 g/mol. The molecule has 0 saturated carbocycles. The maximum absolute atomic E-state index is 13.9. The summed E-state index contributed by atoms with van der Waals surface area (Å²) < 4.78 is 5.91. The minimum absolute atomic E-state index is 0.0764. The van der Waals surface area contributed by atoms with Gasteiger partial charge in [0.25, 0.3) is 5.91 Å². The first kappa shape index (κ1) is 37.5. The molecule has 270 valence electrons. The molecule has 51 heavy (non-hydrogen) atoms. The van der Waals surface area contributed by atoms with E-state index in [9.17, 15) is 9.59 Å². The number of benzene rings is 2. The molecule has 4 aromatic rings. The molecule has 1 fully saturated rings. The number of thiophene rings is 1. The van der Waals surface area contributed by atoms with Gasteiger partial charge in [-0.2, -0.15) is 5.10 Å². The quantitative estimate of drug-likeness (QED) is 0.0398. The number of hydrogen-bond donors (Lipinski definition) is 3. The van der Waals surface area contributed by atoms with Gasteiger partial charge in [0.2, 0.25) is 5.91 Å². The molecule has 11 heteroatoms. The Bertz CT molecular complexity index is 1760. The van der Waals surface area contributed by atoms with E-state index in [1.54, 1.807) is 4.90 Å². The highest BCUT2D eigenvalue weighted by Crippen LogP contribution is 2.30. The summed E-state index contributed by atoms with van der Waals surface area (Å²) >= 11 is 1.45. The number of carbonyl (C=O) groups is 2. The molecule has 0 radical (unpaired) electrons. The van der Waals surface area contributed by atoms with E-state index in [1.165, 1.54) is 37.0 Å². The predicted molar refractivity (Wildman–Crippen MR) is 206 cm³/mol. The number of amidine groups is 1. The van der Waals surface area contributed by atoms with Crippen molar-refractivity contribution in [3.63, 3.8) is 0 Å². The number of aromatic nitrogens is 2. The number of hydrogen-bond acceptors (Lipinski definition) is 8. The lowest BCUT2D eigenvalue weighted by Gasteiger charge is -2.24. The topological polar surface area (TPSA) is 149 Å². The van der Waals surface area contributed by atoms with E-state index >= 15 is 0 Å². The van der Waals surface area contributed by atoms with Gasteiger partial charge in [-0.25, -0.2) is 9.97 Å². The van der Waals surface area contributed by atoms with Crippen LogP contribution in [0.15, 0.2) is 78.2 Å².